The smallest absolute Gasteiger partial charge is 0.243 e. The zero-order valence-electron chi connectivity index (χ0n) is 14.9. The van der Waals surface area contributed by atoms with E-state index < -0.39 is 10.0 Å². The van der Waals surface area contributed by atoms with Gasteiger partial charge in [0, 0.05) is 25.9 Å². The zero-order valence-corrected chi connectivity index (χ0v) is 15.8. The maximum atomic E-state index is 13.1. The summed E-state index contributed by atoms with van der Waals surface area (Å²) in [5.74, 6) is 0. The van der Waals surface area contributed by atoms with Crippen molar-refractivity contribution in [1.82, 2.24) is 15.0 Å². The van der Waals surface area contributed by atoms with E-state index in [2.05, 4.69) is 15.0 Å². The summed E-state index contributed by atoms with van der Waals surface area (Å²) in [7, 11) is -3.76. The Morgan fingerprint density at radius 1 is 1.12 bits per heavy atom. The van der Waals surface area contributed by atoms with Crippen molar-refractivity contribution in [3.8, 4) is 0 Å². The van der Waals surface area contributed by atoms with Crippen LogP contribution in [0.15, 0.2) is 15.6 Å². The van der Waals surface area contributed by atoms with Gasteiger partial charge in [0.15, 0.2) is 5.52 Å². The second-order valence-electron chi connectivity index (χ2n) is 7.26. The first-order valence-corrected chi connectivity index (χ1v) is 10.4. The number of hydrogen-bond acceptors (Lipinski definition) is 7. The Kier molecular flexibility index (Phi) is 4.50. The molecule has 0 aliphatic carbocycles. The second kappa shape index (κ2) is 6.56. The van der Waals surface area contributed by atoms with Crippen molar-refractivity contribution >= 4 is 21.1 Å². The number of aryl methyl sites for hydroxylation is 2. The van der Waals surface area contributed by atoms with Crippen molar-refractivity contribution in [2.45, 2.75) is 56.1 Å². The number of hydrogen-bond donors (Lipinski definition) is 1. The SMILES string of the molecule is Cc1cc(C)c2nonc2c1S(=O)(=O)N[C@@H]1CCOC2(CCOCC2)C1. The van der Waals surface area contributed by atoms with E-state index in [9.17, 15) is 8.42 Å². The molecule has 2 aromatic rings. The van der Waals surface area contributed by atoms with Crippen molar-refractivity contribution in [3.63, 3.8) is 0 Å². The normalized spacial score (nSPS) is 23.5. The molecule has 0 saturated carbocycles. The highest BCUT2D eigenvalue weighted by Gasteiger charge is 2.40. The van der Waals surface area contributed by atoms with Crippen LogP contribution in [0.1, 0.15) is 36.8 Å². The summed E-state index contributed by atoms with van der Waals surface area (Å²) in [5, 5.41) is 7.67. The van der Waals surface area contributed by atoms with Gasteiger partial charge in [-0.2, -0.15) is 0 Å². The molecule has 0 bridgehead atoms. The molecule has 1 spiro atoms. The summed E-state index contributed by atoms with van der Waals surface area (Å²) in [6.07, 6.45) is 2.89. The third kappa shape index (κ3) is 3.13. The summed E-state index contributed by atoms with van der Waals surface area (Å²) < 4.78 is 45.3. The van der Waals surface area contributed by atoms with Crippen LogP contribution in [0.2, 0.25) is 0 Å². The minimum absolute atomic E-state index is 0.145. The predicted octanol–water partition coefficient (Wildman–Crippen LogP) is 1.85. The molecule has 1 atom stereocenters. The van der Waals surface area contributed by atoms with Crippen molar-refractivity contribution in [3.05, 3.63) is 17.2 Å². The molecule has 1 N–H and O–H groups in total. The Morgan fingerprint density at radius 2 is 1.85 bits per heavy atom. The molecule has 8 nitrogen and oxygen atoms in total. The second-order valence-corrected chi connectivity index (χ2v) is 8.91. The zero-order chi connectivity index (χ0) is 18.4. The van der Waals surface area contributed by atoms with Crippen molar-refractivity contribution in [1.29, 1.82) is 0 Å². The van der Waals surface area contributed by atoms with Crippen LogP contribution in [-0.4, -0.2) is 50.2 Å². The van der Waals surface area contributed by atoms with E-state index in [-0.39, 0.29) is 22.1 Å². The minimum atomic E-state index is -3.76. The van der Waals surface area contributed by atoms with Crippen LogP contribution in [-0.2, 0) is 19.5 Å². The lowest BCUT2D eigenvalue weighted by Gasteiger charge is -2.43. The molecule has 4 rings (SSSR count). The van der Waals surface area contributed by atoms with Crippen LogP contribution in [0.25, 0.3) is 11.0 Å². The summed E-state index contributed by atoms with van der Waals surface area (Å²) in [5.41, 5.74) is 1.94. The highest BCUT2D eigenvalue weighted by molar-refractivity contribution is 7.89. The third-order valence-electron chi connectivity index (χ3n) is 5.36. The lowest BCUT2D eigenvalue weighted by Crippen LogP contribution is -2.51. The van der Waals surface area contributed by atoms with E-state index in [1.54, 1.807) is 13.0 Å². The molecule has 0 radical (unpaired) electrons. The van der Waals surface area contributed by atoms with E-state index >= 15 is 0 Å². The lowest BCUT2D eigenvalue weighted by molar-refractivity contribution is -0.138. The van der Waals surface area contributed by atoms with Gasteiger partial charge in [-0.3, -0.25) is 0 Å². The fourth-order valence-corrected chi connectivity index (χ4v) is 5.71. The van der Waals surface area contributed by atoms with Crippen LogP contribution in [0.5, 0.6) is 0 Å². The van der Waals surface area contributed by atoms with Gasteiger partial charge in [0.05, 0.1) is 5.60 Å². The van der Waals surface area contributed by atoms with Gasteiger partial charge in [0.1, 0.15) is 10.4 Å². The van der Waals surface area contributed by atoms with E-state index in [4.69, 9.17) is 14.1 Å². The molecule has 2 aliphatic heterocycles. The number of aromatic nitrogens is 2. The molecule has 1 aromatic carbocycles. The Bertz CT molecular complexity index is 912. The van der Waals surface area contributed by atoms with Gasteiger partial charge in [0.25, 0.3) is 0 Å². The lowest BCUT2D eigenvalue weighted by atomic mass is 9.84. The number of sulfonamides is 1. The first kappa shape index (κ1) is 17.8. The molecule has 1 aromatic heterocycles. The summed E-state index contributed by atoms with van der Waals surface area (Å²) in [4.78, 5) is 0.145. The molecular formula is C17H23N3O5S. The first-order chi connectivity index (χ1) is 12.4. The highest BCUT2D eigenvalue weighted by Crippen LogP contribution is 2.35. The fraction of sp³-hybridized carbons (Fsp3) is 0.647. The number of nitrogens with zero attached hydrogens (tertiary/aromatic N) is 2. The van der Waals surface area contributed by atoms with E-state index in [0.717, 1.165) is 18.4 Å². The largest absolute Gasteiger partial charge is 0.381 e. The molecule has 26 heavy (non-hydrogen) atoms. The quantitative estimate of drug-likeness (QED) is 0.865. The van der Waals surface area contributed by atoms with Gasteiger partial charge >= 0.3 is 0 Å². The standard InChI is InChI=1S/C17H23N3O5S/c1-11-9-12(2)16(15-14(11)18-25-19-15)26(21,22)20-13-3-6-24-17(10-13)4-7-23-8-5-17/h9,13,20H,3-8,10H2,1-2H3/t13-/m1/s1. The number of fused-ring (bicyclic) bond motifs is 1. The third-order valence-corrected chi connectivity index (χ3v) is 7.05. The predicted molar refractivity (Wildman–Crippen MR) is 93.4 cm³/mol. The molecule has 0 amide bonds. The summed E-state index contributed by atoms with van der Waals surface area (Å²) in [6, 6.07) is 1.62. The van der Waals surface area contributed by atoms with Crippen LogP contribution in [0.4, 0.5) is 0 Å². The maximum absolute atomic E-state index is 13.1. The van der Waals surface area contributed by atoms with E-state index in [1.807, 2.05) is 6.92 Å². The molecule has 142 valence electrons. The number of benzene rings is 1. The van der Waals surface area contributed by atoms with E-state index in [1.165, 1.54) is 0 Å². The van der Waals surface area contributed by atoms with Crippen molar-refractivity contribution in [2.75, 3.05) is 19.8 Å². The average molecular weight is 381 g/mol. The van der Waals surface area contributed by atoms with E-state index in [0.29, 0.717) is 43.7 Å². The number of ether oxygens (including phenoxy) is 2. The van der Waals surface area contributed by atoms with Crippen molar-refractivity contribution < 1.29 is 22.5 Å². The minimum Gasteiger partial charge on any atom is -0.381 e. The van der Waals surface area contributed by atoms with Gasteiger partial charge in [-0.1, -0.05) is 6.07 Å². The number of rotatable bonds is 3. The van der Waals surface area contributed by atoms with Crippen LogP contribution in [0.3, 0.4) is 0 Å². The Hall–Kier alpha value is -1.55. The molecular weight excluding hydrogens is 358 g/mol. The Balaban J connectivity index is 1.63. The van der Waals surface area contributed by atoms with Gasteiger partial charge in [0.2, 0.25) is 10.0 Å². The van der Waals surface area contributed by atoms with Crippen molar-refractivity contribution in [2.24, 2.45) is 0 Å². The maximum Gasteiger partial charge on any atom is 0.243 e. The summed E-state index contributed by atoms with van der Waals surface area (Å²) >= 11 is 0. The van der Waals surface area contributed by atoms with Gasteiger partial charge < -0.3 is 9.47 Å². The Morgan fingerprint density at radius 3 is 2.62 bits per heavy atom. The van der Waals surface area contributed by atoms with Gasteiger partial charge in [-0.25, -0.2) is 17.8 Å². The molecule has 0 unspecified atom stereocenters. The molecule has 2 saturated heterocycles. The Labute approximate surface area is 152 Å². The molecule has 3 heterocycles. The highest BCUT2D eigenvalue weighted by atomic mass is 32.2. The molecule has 2 fully saturated rings. The topological polar surface area (TPSA) is 104 Å². The average Bonchev–Trinajstić information content (AvgIpc) is 3.04. The van der Waals surface area contributed by atoms with Crippen LogP contribution >= 0.6 is 0 Å². The van der Waals surface area contributed by atoms with Gasteiger partial charge in [-0.15, -0.1) is 0 Å². The molecule has 9 heteroatoms. The monoisotopic (exact) mass is 381 g/mol. The van der Waals surface area contributed by atoms with Crippen LogP contribution < -0.4 is 4.72 Å². The fourth-order valence-electron chi connectivity index (χ4n) is 4.08. The first-order valence-electron chi connectivity index (χ1n) is 8.87. The van der Waals surface area contributed by atoms with Crippen LogP contribution in [0, 0.1) is 13.8 Å². The summed E-state index contributed by atoms with van der Waals surface area (Å²) in [6.45, 7) is 5.47. The number of nitrogens with one attached hydrogen (secondary N) is 1. The molecule has 2 aliphatic rings. The van der Waals surface area contributed by atoms with Gasteiger partial charge in [-0.05, 0) is 61.0 Å².